The van der Waals surface area contributed by atoms with E-state index in [1.54, 1.807) is 12.7 Å². The second-order valence-electron chi connectivity index (χ2n) is 29.0. The smallest absolute Gasteiger partial charge is 0.495 e. The lowest BCUT2D eigenvalue weighted by atomic mass is 9.47. The van der Waals surface area contributed by atoms with E-state index in [1.165, 1.54) is 85.0 Å². The molecule has 5 aliphatic carbocycles. The molecule has 6 aromatic carbocycles. The van der Waals surface area contributed by atoms with Gasteiger partial charge in [-0.25, -0.2) is 4.79 Å². The van der Waals surface area contributed by atoms with Crippen LogP contribution in [0.1, 0.15) is 160 Å². The third-order valence-electron chi connectivity index (χ3n) is 23.7. The molecule has 0 radical (unpaired) electrons. The molecule has 8 nitrogen and oxygen atoms in total. The highest BCUT2D eigenvalue weighted by atomic mass is 16.7. The number of carbonyl (C=O) groups excluding carboxylic acids is 1. The molecule has 9 atom stereocenters. The van der Waals surface area contributed by atoms with E-state index >= 15 is 0 Å². The van der Waals surface area contributed by atoms with E-state index in [2.05, 4.69) is 203 Å². The fourth-order valence-corrected chi connectivity index (χ4v) is 19.1. The third kappa shape index (κ3) is 9.72. The van der Waals surface area contributed by atoms with Gasteiger partial charge in [-0.2, -0.15) is 0 Å². The Hall–Kier alpha value is -6.67. The van der Waals surface area contributed by atoms with Gasteiger partial charge in [0.25, 0.3) is 0 Å². The number of rotatable bonds is 13. The first-order chi connectivity index (χ1) is 41.7. The van der Waals surface area contributed by atoms with Crippen molar-refractivity contribution < 1.29 is 23.7 Å². The molecular weight excluding hydrogens is 1060 g/mol. The number of para-hydroxylation sites is 1. The van der Waals surface area contributed by atoms with Gasteiger partial charge in [0.05, 0.1) is 12.8 Å². The maximum absolute atomic E-state index is 13.8. The van der Waals surface area contributed by atoms with Gasteiger partial charge in [-0.3, -0.25) is 0 Å². The number of piperazine rings is 1. The Balaban J connectivity index is 0.686. The van der Waals surface area contributed by atoms with Crippen LogP contribution >= 0.6 is 0 Å². The van der Waals surface area contributed by atoms with Crippen molar-refractivity contribution in [1.82, 2.24) is 0 Å². The quantitative estimate of drug-likeness (QED) is 0.0837. The van der Waals surface area contributed by atoms with Crippen LogP contribution in [-0.4, -0.2) is 64.7 Å². The first-order valence-electron chi connectivity index (χ1n) is 33.4. The molecule has 8 heteroatoms. The molecule has 14 rings (SSSR count). The number of allylic oxidation sites excluding steroid dienone is 1. The van der Waals surface area contributed by atoms with Crippen molar-refractivity contribution in [3.05, 3.63) is 167 Å². The second-order valence-corrected chi connectivity index (χ2v) is 29.0. The largest absolute Gasteiger partial charge is 0.508 e. The predicted molar refractivity (Wildman–Crippen MR) is 352 cm³/mol. The number of nitrogens with zero attached hydrogens (tertiary/aromatic N) is 3. The standard InChI is InChI=1S/C78H93N3O5/c1-51(2)18-17-19-52(3)65-32-33-67-60-31-28-55-48-59(34-39-76(55,6)68(60)36-40-77(65,67)7)85-74(82)84-58-37-42-81(43-38-58)69-49-63-64(50-70(69)83-8)73-62(72-71(63)61-24-15-16-25-66(61)75(72,4)5)35-41-78(86-73,53-20-11-9-12-21-53)54-26-29-57(30-27-54)80-46-44-79(45-47-80)56-22-13-10-14-23-56/h9-16,20-30,35,41,49-52,58-60,65,67-68H,17-19,31-34,36-40,42-48H2,1-8H3/t52?,59?,60?,65?,67?,68?,76?,77?,78-/m0/s1. The summed E-state index contributed by atoms with van der Waals surface area (Å²) in [7, 11) is 1.79. The maximum Gasteiger partial charge on any atom is 0.508 e. The fraction of sp³-hybridized carbons (Fsp3) is 0.500. The molecule has 8 aliphatic rings. The molecule has 0 N–H and O–H groups in total. The Morgan fingerprint density at radius 3 is 2.06 bits per heavy atom. The topological polar surface area (TPSA) is 63.7 Å². The van der Waals surface area contributed by atoms with Crippen LogP contribution in [0.15, 0.2) is 139 Å². The molecule has 8 unspecified atom stereocenters. The molecular formula is C78H93N3O5. The normalized spacial score (nSPS) is 28.5. The van der Waals surface area contributed by atoms with E-state index in [1.807, 2.05) is 0 Å². The summed E-state index contributed by atoms with van der Waals surface area (Å²) in [4.78, 5) is 21.2. The van der Waals surface area contributed by atoms with E-state index in [0.29, 0.717) is 18.3 Å². The van der Waals surface area contributed by atoms with Crippen LogP contribution in [0.2, 0.25) is 0 Å². The minimum atomic E-state index is -0.901. The Bertz CT molecular complexity index is 3540. The van der Waals surface area contributed by atoms with Crippen LogP contribution in [0, 0.1) is 46.3 Å². The lowest BCUT2D eigenvalue weighted by molar-refractivity contribution is -0.0643. The predicted octanol–water partition coefficient (Wildman–Crippen LogP) is 18.4. The van der Waals surface area contributed by atoms with Crippen molar-refractivity contribution >= 4 is 40.1 Å². The zero-order valence-electron chi connectivity index (χ0n) is 52.7. The number of hydrogen-bond acceptors (Lipinski definition) is 8. The number of anilines is 3. The average Bonchev–Trinajstić information content (AvgIpc) is 1.46. The summed E-state index contributed by atoms with van der Waals surface area (Å²) in [6.45, 7) is 22.6. The molecule has 0 bridgehead atoms. The van der Waals surface area contributed by atoms with Gasteiger partial charge in [0.15, 0.2) is 5.60 Å². The molecule has 5 fully saturated rings. The highest BCUT2D eigenvalue weighted by Gasteiger charge is 2.59. The van der Waals surface area contributed by atoms with E-state index in [4.69, 9.17) is 18.9 Å². The van der Waals surface area contributed by atoms with E-state index in [-0.39, 0.29) is 23.0 Å². The summed E-state index contributed by atoms with van der Waals surface area (Å²) >= 11 is 0. The Labute approximate surface area is 513 Å². The molecule has 6 aromatic rings. The van der Waals surface area contributed by atoms with Crippen LogP contribution in [0.5, 0.6) is 11.5 Å². The Morgan fingerprint density at radius 1 is 0.663 bits per heavy atom. The summed E-state index contributed by atoms with van der Waals surface area (Å²) in [5.41, 5.74) is 13.0. The fourth-order valence-electron chi connectivity index (χ4n) is 19.1. The van der Waals surface area contributed by atoms with Crippen LogP contribution in [0.4, 0.5) is 21.9 Å². The number of benzene rings is 6. The van der Waals surface area contributed by atoms with Crippen molar-refractivity contribution in [3.8, 4) is 22.6 Å². The van der Waals surface area contributed by atoms with Crippen molar-refractivity contribution in [2.45, 2.75) is 155 Å². The molecule has 3 saturated carbocycles. The first-order valence-corrected chi connectivity index (χ1v) is 33.4. The summed E-state index contributed by atoms with van der Waals surface area (Å²) < 4.78 is 26.8. The van der Waals surface area contributed by atoms with Gasteiger partial charge in [0, 0.05) is 97.4 Å². The molecule has 3 heterocycles. The molecule has 0 aromatic heterocycles. The summed E-state index contributed by atoms with van der Waals surface area (Å²) in [6.07, 6.45) is 21.6. The number of methoxy groups -OCH3 is 1. The minimum Gasteiger partial charge on any atom is -0.495 e. The molecule has 3 aliphatic heterocycles. The number of piperidine rings is 1. The number of carbonyl (C=O) groups is 1. The van der Waals surface area contributed by atoms with Crippen LogP contribution in [-0.2, 0) is 20.5 Å². The van der Waals surface area contributed by atoms with E-state index < -0.39 is 11.8 Å². The van der Waals surface area contributed by atoms with Gasteiger partial charge >= 0.3 is 6.16 Å². The van der Waals surface area contributed by atoms with E-state index in [0.717, 1.165) is 139 Å². The zero-order valence-corrected chi connectivity index (χ0v) is 52.7. The SMILES string of the molecule is COc1cc2c3c(c4c(c2cc1N1CCC(OC(=O)OC2CCC5(C)C(=CCC6C5CCC5(C)C(C(C)CCCC(C)C)CCC65)C2)CC1)-c1ccccc1C4(C)C)C=C[C@](c1ccccc1)(c1ccc(N2CCN(c4ccccc4)CC2)cc1)O3. The molecule has 0 spiro atoms. The zero-order chi connectivity index (χ0) is 59.1. The van der Waals surface area contributed by atoms with Gasteiger partial charge in [-0.05, 0) is 161 Å². The van der Waals surface area contributed by atoms with Gasteiger partial charge in [0.2, 0.25) is 0 Å². The van der Waals surface area contributed by atoms with Crippen molar-refractivity contribution in [2.75, 3.05) is 61.1 Å². The highest BCUT2D eigenvalue weighted by Crippen LogP contribution is 2.68. The number of ether oxygens (including phenoxy) is 4. The van der Waals surface area contributed by atoms with Crippen LogP contribution in [0.25, 0.3) is 28.0 Å². The number of fused-ring (bicyclic) bond motifs is 13. The van der Waals surface area contributed by atoms with Gasteiger partial charge in [-0.15, -0.1) is 0 Å². The van der Waals surface area contributed by atoms with Crippen molar-refractivity contribution in [2.24, 2.45) is 46.3 Å². The van der Waals surface area contributed by atoms with Gasteiger partial charge in [0.1, 0.15) is 23.7 Å². The highest BCUT2D eigenvalue weighted by molar-refractivity contribution is 6.10. The number of hydrogen-bond donors (Lipinski definition) is 0. The Morgan fingerprint density at radius 2 is 1.34 bits per heavy atom. The van der Waals surface area contributed by atoms with Gasteiger partial charge < -0.3 is 33.6 Å². The second kappa shape index (κ2) is 22.5. The minimum absolute atomic E-state index is 0.130. The third-order valence-corrected chi connectivity index (χ3v) is 23.7. The monoisotopic (exact) mass is 1150 g/mol. The van der Waals surface area contributed by atoms with Gasteiger partial charge in [-0.1, -0.05) is 170 Å². The molecule has 0 amide bonds. The first kappa shape index (κ1) is 57.1. The van der Waals surface area contributed by atoms with E-state index in [9.17, 15) is 4.79 Å². The average molecular weight is 1150 g/mol. The molecule has 86 heavy (non-hydrogen) atoms. The summed E-state index contributed by atoms with van der Waals surface area (Å²) in [6, 6.07) is 44.2. The van der Waals surface area contributed by atoms with Crippen molar-refractivity contribution in [3.63, 3.8) is 0 Å². The lowest BCUT2D eigenvalue weighted by Gasteiger charge is -2.58. The molecule has 450 valence electrons. The van der Waals surface area contributed by atoms with Crippen LogP contribution < -0.4 is 24.2 Å². The van der Waals surface area contributed by atoms with Crippen molar-refractivity contribution in [1.29, 1.82) is 0 Å². The Kier molecular flexibility index (Phi) is 14.9. The molecule has 2 saturated heterocycles. The summed E-state index contributed by atoms with van der Waals surface area (Å²) in [5, 5.41) is 2.18. The summed E-state index contributed by atoms with van der Waals surface area (Å²) in [5.74, 6) is 6.52. The van der Waals surface area contributed by atoms with Crippen LogP contribution in [0.3, 0.4) is 0 Å². The lowest BCUT2D eigenvalue weighted by Crippen LogP contribution is -2.51. The maximum atomic E-state index is 13.8.